The number of hydrogen-bond acceptors (Lipinski definition) is 3. The lowest BCUT2D eigenvalue weighted by molar-refractivity contribution is 0.0939. The van der Waals surface area contributed by atoms with Crippen LogP contribution in [0.3, 0.4) is 0 Å². The van der Waals surface area contributed by atoms with E-state index in [2.05, 4.69) is 10.4 Å². The number of para-hydroxylation sites is 3. The number of rotatable bonds is 4. The summed E-state index contributed by atoms with van der Waals surface area (Å²) in [4.78, 5) is 16.5. The van der Waals surface area contributed by atoms with Gasteiger partial charge in [0.15, 0.2) is 11.6 Å². The molecule has 0 spiro atoms. The van der Waals surface area contributed by atoms with Crippen molar-refractivity contribution >= 4 is 22.5 Å². The summed E-state index contributed by atoms with van der Waals surface area (Å²) < 4.78 is 48.1. The maximum absolute atomic E-state index is 14.6. The summed E-state index contributed by atoms with van der Waals surface area (Å²) in [6.07, 6.45) is 0. The van der Waals surface area contributed by atoms with E-state index in [1.807, 2.05) is 38.1 Å². The molecule has 1 aliphatic rings. The van der Waals surface area contributed by atoms with Crippen LogP contribution in [0.25, 0.3) is 22.0 Å². The number of aromatic amines is 1. The molecule has 2 heterocycles. The summed E-state index contributed by atoms with van der Waals surface area (Å²) >= 11 is 0. The Morgan fingerprint density at radius 2 is 1.85 bits per heavy atom. The maximum atomic E-state index is 14.6. The second-order valence-electron chi connectivity index (χ2n) is 8.45. The Labute approximate surface area is 194 Å². The molecule has 0 aliphatic carbocycles. The number of anilines is 1. The summed E-state index contributed by atoms with van der Waals surface area (Å²) in [7, 11) is 0. The number of nitrogens with zero attached hydrogens (tertiary/aromatic N) is 1. The van der Waals surface area contributed by atoms with E-state index in [9.17, 15) is 18.0 Å². The molecule has 1 aliphatic heterocycles. The number of carbonyl (C=O) groups excluding carboxylic acids is 1. The summed E-state index contributed by atoms with van der Waals surface area (Å²) in [5, 5.41) is 2.41. The molecule has 174 valence electrons. The number of hydrazine groups is 1. The van der Waals surface area contributed by atoms with Crippen molar-refractivity contribution < 1.29 is 22.7 Å². The molecular formula is C26H22F3N3O2. The predicted molar refractivity (Wildman–Crippen MR) is 124 cm³/mol. The van der Waals surface area contributed by atoms with Crippen LogP contribution in [0.5, 0.6) is 5.75 Å². The van der Waals surface area contributed by atoms with Crippen LogP contribution >= 0.6 is 0 Å². The van der Waals surface area contributed by atoms with Gasteiger partial charge >= 0.3 is 0 Å². The van der Waals surface area contributed by atoms with Crippen molar-refractivity contribution in [3.8, 4) is 16.9 Å². The van der Waals surface area contributed by atoms with Gasteiger partial charge in [-0.2, -0.15) is 0 Å². The highest BCUT2D eigenvalue weighted by atomic mass is 19.2. The van der Waals surface area contributed by atoms with Crippen LogP contribution in [-0.4, -0.2) is 24.0 Å². The summed E-state index contributed by atoms with van der Waals surface area (Å²) in [5.41, 5.74) is 5.19. The van der Waals surface area contributed by atoms with E-state index in [0.717, 1.165) is 17.3 Å². The molecule has 5 rings (SSSR count). The number of amides is 1. The molecule has 0 bridgehead atoms. The van der Waals surface area contributed by atoms with Crippen molar-refractivity contribution in [1.29, 1.82) is 0 Å². The number of aromatic nitrogens is 1. The van der Waals surface area contributed by atoms with Gasteiger partial charge in [-0.3, -0.25) is 15.2 Å². The summed E-state index contributed by atoms with van der Waals surface area (Å²) in [6.45, 7) is 4.76. The number of hydrogen-bond donors (Lipinski definition) is 2. The topological polar surface area (TPSA) is 57.4 Å². The van der Waals surface area contributed by atoms with Gasteiger partial charge in [-0.05, 0) is 29.7 Å². The van der Waals surface area contributed by atoms with E-state index in [-0.39, 0.29) is 23.0 Å². The lowest BCUT2D eigenvalue weighted by Gasteiger charge is -2.31. The van der Waals surface area contributed by atoms with Crippen LogP contribution in [0.15, 0.2) is 54.6 Å². The summed E-state index contributed by atoms with van der Waals surface area (Å²) in [5.74, 6) is -3.08. The van der Waals surface area contributed by atoms with Gasteiger partial charge in [-0.1, -0.05) is 44.2 Å². The SMILES string of the molecule is CC(C)c1c(C(=O)NN2CCOc3ccccc32)[nH]c2c(-c3cc(F)cc(F)c3F)cccc12. The Kier molecular flexibility index (Phi) is 5.43. The molecule has 0 radical (unpaired) electrons. The van der Waals surface area contributed by atoms with Crippen molar-refractivity contribution in [1.82, 2.24) is 10.4 Å². The van der Waals surface area contributed by atoms with E-state index < -0.39 is 17.5 Å². The van der Waals surface area contributed by atoms with Crippen molar-refractivity contribution in [3.05, 3.63) is 83.3 Å². The average Bonchev–Trinajstić information content (AvgIpc) is 3.22. The molecule has 5 nitrogen and oxygen atoms in total. The van der Waals surface area contributed by atoms with E-state index in [0.29, 0.717) is 41.6 Å². The van der Waals surface area contributed by atoms with Gasteiger partial charge in [-0.15, -0.1) is 0 Å². The largest absolute Gasteiger partial charge is 0.489 e. The minimum absolute atomic E-state index is 0.0594. The molecule has 4 aromatic rings. The Morgan fingerprint density at radius 3 is 2.65 bits per heavy atom. The lowest BCUT2D eigenvalue weighted by atomic mass is 9.96. The van der Waals surface area contributed by atoms with Crippen LogP contribution < -0.4 is 15.2 Å². The molecule has 0 saturated carbocycles. The number of nitrogens with one attached hydrogen (secondary N) is 2. The number of ether oxygens (including phenoxy) is 1. The first-order valence-corrected chi connectivity index (χ1v) is 10.9. The molecule has 2 N–H and O–H groups in total. The van der Waals surface area contributed by atoms with Crippen molar-refractivity contribution in [2.24, 2.45) is 0 Å². The zero-order valence-electron chi connectivity index (χ0n) is 18.6. The van der Waals surface area contributed by atoms with Gasteiger partial charge in [0, 0.05) is 22.6 Å². The van der Waals surface area contributed by atoms with Gasteiger partial charge < -0.3 is 9.72 Å². The highest BCUT2D eigenvalue weighted by molar-refractivity contribution is 6.05. The van der Waals surface area contributed by atoms with Crippen LogP contribution in [0.1, 0.15) is 35.8 Å². The average molecular weight is 465 g/mol. The maximum Gasteiger partial charge on any atom is 0.286 e. The molecule has 0 atom stereocenters. The fourth-order valence-corrected chi connectivity index (χ4v) is 4.46. The molecule has 1 aromatic heterocycles. The van der Waals surface area contributed by atoms with Crippen LogP contribution in [0, 0.1) is 17.5 Å². The molecule has 1 amide bonds. The molecule has 8 heteroatoms. The van der Waals surface area contributed by atoms with Crippen LogP contribution in [-0.2, 0) is 0 Å². The first-order valence-electron chi connectivity index (χ1n) is 10.9. The smallest absolute Gasteiger partial charge is 0.286 e. The third-order valence-electron chi connectivity index (χ3n) is 5.93. The van der Waals surface area contributed by atoms with Gasteiger partial charge in [0.25, 0.3) is 5.91 Å². The number of halogens is 3. The van der Waals surface area contributed by atoms with Crippen LogP contribution in [0.4, 0.5) is 18.9 Å². The molecular weight excluding hydrogens is 443 g/mol. The quantitative estimate of drug-likeness (QED) is 0.368. The minimum Gasteiger partial charge on any atom is -0.489 e. The Balaban J connectivity index is 1.61. The van der Waals surface area contributed by atoms with Crippen LogP contribution in [0.2, 0.25) is 0 Å². The second kappa shape index (κ2) is 8.44. The van der Waals surface area contributed by atoms with E-state index in [4.69, 9.17) is 4.74 Å². The number of carbonyl (C=O) groups is 1. The highest BCUT2D eigenvalue weighted by Crippen LogP contribution is 2.37. The predicted octanol–water partition coefficient (Wildman–Crippen LogP) is 5.92. The lowest BCUT2D eigenvalue weighted by Crippen LogP contribution is -2.47. The minimum atomic E-state index is -1.27. The van der Waals surface area contributed by atoms with Crippen molar-refractivity contribution in [2.45, 2.75) is 19.8 Å². The van der Waals surface area contributed by atoms with Gasteiger partial charge in [0.1, 0.15) is 23.9 Å². The third-order valence-corrected chi connectivity index (χ3v) is 5.93. The zero-order valence-corrected chi connectivity index (χ0v) is 18.6. The van der Waals surface area contributed by atoms with E-state index >= 15 is 0 Å². The Morgan fingerprint density at radius 1 is 1.06 bits per heavy atom. The number of H-pyrrole nitrogens is 1. The van der Waals surface area contributed by atoms with E-state index in [1.165, 1.54) is 0 Å². The van der Waals surface area contributed by atoms with Gasteiger partial charge in [0.05, 0.1) is 17.7 Å². The second-order valence-corrected chi connectivity index (χ2v) is 8.45. The first-order chi connectivity index (χ1) is 16.3. The van der Waals surface area contributed by atoms with Crippen molar-refractivity contribution in [3.63, 3.8) is 0 Å². The van der Waals surface area contributed by atoms with Gasteiger partial charge in [0.2, 0.25) is 0 Å². The molecule has 0 unspecified atom stereocenters. The molecule has 0 saturated heterocycles. The van der Waals surface area contributed by atoms with Gasteiger partial charge in [-0.25, -0.2) is 13.2 Å². The molecule has 34 heavy (non-hydrogen) atoms. The number of benzene rings is 3. The first kappa shape index (κ1) is 21.9. The van der Waals surface area contributed by atoms with E-state index in [1.54, 1.807) is 23.2 Å². The number of fused-ring (bicyclic) bond motifs is 2. The zero-order chi connectivity index (χ0) is 24.0. The highest BCUT2D eigenvalue weighted by Gasteiger charge is 2.26. The molecule has 3 aromatic carbocycles. The monoisotopic (exact) mass is 465 g/mol. The molecule has 0 fully saturated rings. The summed E-state index contributed by atoms with van der Waals surface area (Å²) in [6, 6.07) is 13.9. The third kappa shape index (κ3) is 3.65. The Hall–Kier alpha value is -3.94. The standard InChI is InChI=1S/C26H22F3N3O2/c1-14(2)22-17-7-5-6-16(18-12-15(27)13-19(28)23(18)29)24(17)30-25(22)26(33)31-32-10-11-34-21-9-4-3-8-20(21)32/h3-9,12-14,30H,10-11H2,1-2H3,(H,31,33). The normalized spacial score (nSPS) is 13.2. The fourth-order valence-electron chi connectivity index (χ4n) is 4.46. The Bertz CT molecular complexity index is 1410. The fraction of sp³-hybridized carbons (Fsp3) is 0.192. The van der Waals surface area contributed by atoms with Crippen molar-refractivity contribution in [2.75, 3.05) is 18.2 Å².